The van der Waals surface area contributed by atoms with E-state index in [0.29, 0.717) is 24.6 Å². The van der Waals surface area contributed by atoms with E-state index in [1.54, 1.807) is 0 Å². The highest BCUT2D eigenvalue weighted by Crippen LogP contribution is 2.25. The molecule has 0 aromatic heterocycles. The third-order valence-corrected chi connectivity index (χ3v) is 3.79. The molecule has 0 radical (unpaired) electrons. The Kier molecular flexibility index (Phi) is 3.81. The highest BCUT2D eigenvalue weighted by Gasteiger charge is 2.24. The first kappa shape index (κ1) is 11.2. The SMILES string of the molecule is CC1CCCC(N[C@@H]2C=C[C@H](CO)C2)C1. The van der Waals surface area contributed by atoms with Crippen molar-refractivity contribution in [2.45, 2.75) is 51.1 Å². The van der Waals surface area contributed by atoms with Crippen LogP contribution in [0.25, 0.3) is 0 Å². The van der Waals surface area contributed by atoms with Crippen LogP contribution in [-0.4, -0.2) is 23.8 Å². The zero-order chi connectivity index (χ0) is 10.7. The van der Waals surface area contributed by atoms with Crippen LogP contribution in [0.5, 0.6) is 0 Å². The molecular weight excluding hydrogens is 186 g/mol. The normalized spacial score (nSPS) is 40.9. The first-order valence-corrected chi connectivity index (χ1v) is 6.33. The molecule has 2 heteroatoms. The molecule has 0 amide bonds. The summed E-state index contributed by atoms with van der Waals surface area (Å²) in [4.78, 5) is 0. The molecule has 0 spiro atoms. The Labute approximate surface area is 92.8 Å². The summed E-state index contributed by atoms with van der Waals surface area (Å²) in [6.07, 6.45) is 10.9. The molecule has 2 N–H and O–H groups in total. The molecule has 0 saturated heterocycles. The molecule has 0 heterocycles. The highest BCUT2D eigenvalue weighted by molar-refractivity contribution is 5.06. The molecule has 0 aliphatic heterocycles. The number of aliphatic hydroxyl groups excluding tert-OH is 1. The maximum atomic E-state index is 9.05. The minimum atomic E-state index is 0.301. The summed E-state index contributed by atoms with van der Waals surface area (Å²) in [6.45, 7) is 2.66. The Bertz CT molecular complexity index is 227. The molecule has 0 bridgehead atoms. The van der Waals surface area contributed by atoms with E-state index in [-0.39, 0.29) is 0 Å². The van der Waals surface area contributed by atoms with E-state index >= 15 is 0 Å². The lowest BCUT2D eigenvalue weighted by Gasteiger charge is -2.29. The Morgan fingerprint density at radius 1 is 1.27 bits per heavy atom. The van der Waals surface area contributed by atoms with Crippen molar-refractivity contribution in [1.29, 1.82) is 0 Å². The minimum Gasteiger partial charge on any atom is -0.396 e. The van der Waals surface area contributed by atoms with Crippen molar-refractivity contribution in [3.8, 4) is 0 Å². The second-order valence-corrected chi connectivity index (χ2v) is 5.31. The van der Waals surface area contributed by atoms with Crippen LogP contribution in [-0.2, 0) is 0 Å². The molecule has 86 valence electrons. The molecular formula is C13H23NO. The van der Waals surface area contributed by atoms with Gasteiger partial charge in [-0.2, -0.15) is 0 Å². The predicted molar refractivity (Wildman–Crippen MR) is 62.7 cm³/mol. The summed E-state index contributed by atoms with van der Waals surface area (Å²) in [5, 5.41) is 12.8. The maximum Gasteiger partial charge on any atom is 0.0494 e. The van der Waals surface area contributed by atoms with E-state index in [4.69, 9.17) is 5.11 Å². The summed E-state index contributed by atoms with van der Waals surface area (Å²) in [5.74, 6) is 1.28. The van der Waals surface area contributed by atoms with Crippen molar-refractivity contribution in [2.24, 2.45) is 11.8 Å². The van der Waals surface area contributed by atoms with Crippen LogP contribution in [0.1, 0.15) is 39.0 Å². The van der Waals surface area contributed by atoms with Crippen molar-refractivity contribution >= 4 is 0 Å². The fourth-order valence-corrected chi connectivity index (χ4v) is 2.92. The van der Waals surface area contributed by atoms with Gasteiger partial charge >= 0.3 is 0 Å². The number of nitrogens with one attached hydrogen (secondary N) is 1. The number of hydrogen-bond donors (Lipinski definition) is 2. The van der Waals surface area contributed by atoms with Crippen LogP contribution < -0.4 is 5.32 Å². The Morgan fingerprint density at radius 3 is 2.80 bits per heavy atom. The second-order valence-electron chi connectivity index (χ2n) is 5.31. The summed E-state index contributed by atoms with van der Waals surface area (Å²) in [5.41, 5.74) is 0. The van der Waals surface area contributed by atoms with Crippen LogP contribution in [0.15, 0.2) is 12.2 Å². The molecule has 0 aromatic rings. The molecule has 4 atom stereocenters. The van der Waals surface area contributed by atoms with Gasteiger partial charge in [-0.3, -0.25) is 0 Å². The summed E-state index contributed by atoms with van der Waals surface area (Å²) in [6, 6.07) is 1.22. The quantitative estimate of drug-likeness (QED) is 0.698. The molecule has 2 aliphatic rings. The molecule has 1 fully saturated rings. The predicted octanol–water partition coefficient (Wildman–Crippen LogP) is 2.09. The minimum absolute atomic E-state index is 0.301. The second kappa shape index (κ2) is 5.13. The molecule has 0 aromatic carbocycles. The average molecular weight is 209 g/mol. The average Bonchev–Trinajstić information content (AvgIpc) is 2.65. The van der Waals surface area contributed by atoms with E-state index in [1.165, 1.54) is 25.7 Å². The third-order valence-electron chi connectivity index (χ3n) is 3.79. The van der Waals surface area contributed by atoms with Gasteiger partial charge < -0.3 is 10.4 Å². The molecule has 2 unspecified atom stereocenters. The van der Waals surface area contributed by atoms with E-state index < -0.39 is 0 Å². The van der Waals surface area contributed by atoms with Gasteiger partial charge in [0.05, 0.1) is 0 Å². The standard InChI is InChI=1S/C13H23NO/c1-10-3-2-4-12(7-10)14-13-6-5-11(8-13)9-15/h5-6,10-15H,2-4,7-9H2,1H3/t10?,11-,12?,13+/m0/s1. The monoisotopic (exact) mass is 209 g/mol. The van der Waals surface area contributed by atoms with Gasteiger partial charge in [0.2, 0.25) is 0 Å². The van der Waals surface area contributed by atoms with Gasteiger partial charge in [0.15, 0.2) is 0 Å². The smallest absolute Gasteiger partial charge is 0.0494 e. The third kappa shape index (κ3) is 3.05. The van der Waals surface area contributed by atoms with Gasteiger partial charge in [0.1, 0.15) is 0 Å². The van der Waals surface area contributed by atoms with Crippen molar-refractivity contribution in [1.82, 2.24) is 5.32 Å². The summed E-state index contributed by atoms with van der Waals surface area (Å²) >= 11 is 0. The Balaban J connectivity index is 1.75. The lowest BCUT2D eigenvalue weighted by molar-refractivity contribution is 0.237. The van der Waals surface area contributed by atoms with Crippen molar-refractivity contribution in [2.75, 3.05) is 6.61 Å². The lowest BCUT2D eigenvalue weighted by atomic mass is 9.86. The van der Waals surface area contributed by atoms with Crippen LogP contribution in [0.3, 0.4) is 0 Å². The zero-order valence-electron chi connectivity index (χ0n) is 9.65. The molecule has 2 aliphatic carbocycles. The first-order valence-electron chi connectivity index (χ1n) is 6.33. The summed E-state index contributed by atoms with van der Waals surface area (Å²) in [7, 11) is 0. The fourth-order valence-electron chi connectivity index (χ4n) is 2.92. The van der Waals surface area contributed by atoms with Crippen LogP contribution in [0, 0.1) is 11.8 Å². The number of hydrogen-bond acceptors (Lipinski definition) is 2. The lowest BCUT2D eigenvalue weighted by Crippen LogP contribution is -2.39. The van der Waals surface area contributed by atoms with Gasteiger partial charge in [0, 0.05) is 24.6 Å². The van der Waals surface area contributed by atoms with Crippen molar-refractivity contribution < 1.29 is 5.11 Å². The molecule has 2 nitrogen and oxygen atoms in total. The molecule has 1 saturated carbocycles. The van der Waals surface area contributed by atoms with Gasteiger partial charge in [0.25, 0.3) is 0 Å². The summed E-state index contributed by atoms with van der Waals surface area (Å²) < 4.78 is 0. The first-order chi connectivity index (χ1) is 7.28. The largest absolute Gasteiger partial charge is 0.396 e. The Hall–Kier alpha value is -0.340. The topological polar surface area (TPSA) is 32.3 Å². The fraction of sp³-hybridized carbons (Fsp3) is 0.846. The van der Waals surface area contributed by atoms with Crippen LogP contribution in [0.2, 0.25) is 0 Å². The van der Waals surface area contributed by atoms with Gasteiger partial charge in [-0.05, 0) is 25.2 Å². The number of rotatable bonds is 3. The van der Waals surface area contributed by atoms with E-state index in [1.807, 2.05) is 0 Å². The maximum absolute atomic E-state index is 9.05. The van der Waals surface area contributed by atoms with Crippen molar-refractivity contribution in [3.05, 3.63) is 12.2 Å². The Morgan fingerprint density at radius 2 is 2.13 bits per heavy atom. The zero-order valence-corrected chi connectivity index (χ0v) is 9.65. The van der Waals surface area contributed by atoms with Gasteiger partial charge in [-0.15, -0.1) is 0 Å². The highest BCUT2D eigenvalue weighted by atomic mass is 16.3. The molecule has 2 rings (SSSR count). The number of aliphatic hydroxyl groups is 1. The van der Waals surface area contributed by atoms with E-state index in [0.717, 1.165) is 12.3 Å². The van der Waals surface area contributed by atoms with Crippen LogP contribution in [0.4, 0.5) is 0 Å². The van der Waals surface area contributed by atoms with E-state index in [9.17, 15) is 0 Å². The molecule has 15 heavy (non-hydrogen) atoms. The van der Waals surface area contributed by atoms with Crippen LogP contribution >= 0.6 is 0 Å². The van der Waals surface area contributed by atoms with Gasteiger partial charge in [-0.25, -0.2) is 0 Å². The van der Waals surface area contributed by atoms with Crippen molar-refractivity contribution in [3.63, 3.8) is 0 Å². The van der Waals surface area contributed by atoms with E-state index in [2.05, 4.69) is 24.4 Å². The van der Waals surface area contributed by atoms with Gasteiger partial charge in [-0.1, -0.05) is 31.9 Å².